The lowest BCUT2D eigenvalue weighted by molar-refractivity contribution is -0.184. The summed E-state index contributed by atoms with van der Waals surface area (Å²) in [7, 11) is 0. The zero-order valence-electron chi connectivity index (χ0n) is 11.5. The topological polar surface area (TPSA) is 89.9 Å². The van der Waals surface area contributed by atoms with Crippen LogP contribution in [-0.2, 0) is 23.9 Å². The quantitative estimate of drug-likeness (QED) is 0.373. The number of unbranched alkanes of at least 4 members (excludes halogenated alkanes) is 3. The summed E-state index contributed by atoms with van der Waals surface area (Å²) in [6.07, 6.45) is 2.63. The fraction of sp³-hybridized carbons (Fsp3) is 0.769. The monoisotopic (exact) mass is 274 g/mol. The molecule has 0 saturated heterocycles. The first-order valence-electron chi connectivity index (χ1n) is 6.56. The van der Waals surface area contributed by atoms with Crippen molar-refractivity contribution in [3.63, 3.8) is 0 Å². The van der Waals surface area contributed by atoms with Gasteiger partial charge in [-0.25, -0.2) is 0 Å². The molecule has 0 aliphatic heterocycles. The van der Waals surface area contributed by atoms with Crippen molar-refractivity contribution < 1.29 is 29.0 Å². The zero-order valence-corrected chi connectivity index (χ0v) is 11.5. The van der Waals surface area contributed by atoms with E-state index >= 15 is 0 Å². The van der Waals surface area contributed by atoms with Gasteiger partial charge in [0.15, 0.2) is 0 Å². The summed E-state index contributed by atoms with van der Waals surface area (Å²) in [6, 6.07) is 0. The van der Waals surface area contributed by atoms with E-state index in [4.69, 9.17) is 14.6 Å². The van der Waals surface area contributed by atoms with Crippen molar-refractivity contribution in [2.45, 2.75) is 65.1 Å². The van der Waals surface area contributed by atoms with E-state index in [0.29, 0.717) is 12.8 Å². The Bertz CT molecular complexity index is 300. The van der Waals surface area contributed by atoms with Crippen LogP contribution in [0.5, 0.6) is 0 Å². The van der Waals surface area contributed by atoms with Gasteiger partial charge in [-0.2, -0.15) is 0 Å². The molecule has 0 bridgehead atoms. The second-order valence-corrected chi connectivity index (χ2v) is 4.21. The zero-order chi connectivity index (χ0) is 14.7. The highest BCUT2D eigenvalue weighted by Crippen LogP contribution is 2.07. The first-order valence-corrected chi connectivity index (χ1v) is 6.56. The molecule has 19 heavy (non-hydrogen) atoms. The van der Waals surface area contributed by atoms with Crippen molar-refractivity contribution in [3.05, 3.63) is 0 Å². The van der Waals surface area contributed by atoms with Crippen LogP contribution in [-0.4, -0.2) is 29.3 Å². The third kappa shape index (κ3) is 11.2. The van der Waals surface area contributed by atoms with Crippen LogP contribution in [0, 0.1) is 0 Å². The molecule has 6 heteroatoms. The van der Waals surface area contributed by atoms with Crippen LogP contribution in [0.2, 0.25) is 0 Å². The Morgan fingerprint density at radius 3 is 2.00 bits per heavy atom. The number of carbonyl (C=O) groups is 3. The number of carbonyl (C=O) groups excluding carboxylic acids is 2. The molecule has 1 N–H and O–H groups in total. The summed E-state index contributed by atoms with van der Waals surface area (Å²) in [5, 5.41) is 8.43. The van der Waals surface area contributed by atoms with Crippen molar-refractivity contribution >= 4 is 17.9 Å². The van der Waals surface area contributed by atoms with Crippen LogP contribution < -0.4 is 0 Å². The molecule has 0 heterocycles. The molecule has 0 saturated carbocycles. The maximum atomic E-state index is 11.4. The van der Waals surface area contributed by atoms with Crippen molar-refractivity contribution in [1.29, 1.82) is 0 Å². The average Bonchev–Trinajstić information content (AvgIpc) is 2.32. The molecule has 0 radical (unpaired) electrons. The molecule has 1 unspecified atom stereocenters. The van der Waals surface area contributed by atoms with Crippen LogP contribution in [0.15, 0.2) is 0 Å². The van der Waals surface area contributed by atoms with Gasteiger partial charge in [0, 0.05) is 26.2 Å². The largest absolute Gasteiger partial charge is 0.481 e. The molecular weight excluding hydrogens is 252 g/mol. The lowest BCUT2D eigenvalue weighted by atomic mass is 10.1. The minimum Gasteiger partial charge on any atom is -0.481 e. The number of carboxylic acids is 1. The number of hydrogen-bond acceptors (Lipinski definition) is 5. The maximum absolute atomic E-state index is 11.4. The fourth-order valence-corrected chi connectivity index (χ4v) is 1.44. The van der Waals surface area contributed by atoms with E-state index < -0.39 is 24.2 Å². The average molecular weight is 274 g/mol. The number of carboxylic acid groups (broad SMARTS) is 1. The summed E-state index contributed by atoms with van der Waals surface area (Å²) in [5.41, 5.74) is 0. The first kappa shape index (κ1) is 17.4. The number of esters is 2. The van der Waals surface area contributed by atoms with Crippen LogP contribution in [0.4, 0.5) is 0 Å². The SMILES string of the molecule is CCC(=O)OC(C)OC(=O)CCCCCCC(=O)O. The predicted molar refractivity (Wildman–Crippen MR) is 67.3 cm³/mol. The third-order valence-electron chi connectivity index (χ3n) is 2.41. The molecule has 1 atom stereocenters. The Morgan fingerprint density at radius 2 is 1.47 bits per heavy atom. The van der Waals surface area contributed by atoms with Gasteiger partial charge in [-0.3, -0.25) is 14.4 Å². The summed E-state index contributed by atoms with van der Waals surface area (Å²) < 4.78 is 9.69. The fourth-order valence-electron chi connectivity index (χ4n) is 1.44. The Balaban J connectivity index is 3.53. The van der Waals surface area contributed by atoms with E-state index in [1.54, 1.807) is 6.92 Å². The van der Waals surface area contributed by atoms with Crippen molar-refractivity contribution in [3.8, 4) is 0 Å². The van der Waals surface area contributed by atoms with E-state index in [9.17, 15) is 14.4 Å². The summed E-state index contributed by atoms with van der Waals surface area (Å²) >= 11 is 0. The van der Waals surface area contributed by atoms with E-state index in [-0.39, 0.29) is 19.3 Å². The lowest BCUT2D eigenvalue weighted by Gasteiger charge is -2.13. The highest BCUT2D eigenvalue weighted by Gasteiger charge is 2.12. The second-order valence-electron chi connectivity index (χ2n) is 4.21. The summed E-state index contributed by atoms with van der Waals surface area (Å²) in [6.45, 7) is 3.16. The second kappa shape index (κ2) is 10.3. The molecule has 0 aromatic carbocycles. The molecule has 0 rings (SSSR count). The van der Waals surface area contributed by atoms with E-state index in [1.165, 1.54) is 6.92 Å². The van der Waals surface area contributed by atoms with E-state index in [0.717, 1.165) is 12.8 Å². The van der Waals surface area contributed by atoms with Crippen LogP contribution >= 0.6 is 0 Å². The van der Waals surface area contributed by atoms with Crippen molar-refractivity contribution in [1.82, 2.24) is 0 Å². The Labute approximate surface area is 113 Å². The molecule has 0 aliphatic rings. The third-order valence-corrected chi connectivity index (χ3v) is 2.41. The van der Waals surface area contributed by atoms with E-state index in [1.807, 2.05) is 0 Å². The molecule has 6 nitrogen and oxygen atoms in total. The Morgan fingerprint density at radius 1 is 0.947 bits per heavy atom. The lowest BCUT2D eigenvalue weighted by Crippen LogP contribution is -2.21. The number of rotatable bonds is 10. The molecule has 0 amide bonds. The molecule has 0 fully saturated rings. The van der Waals surface area contributed by atoms with Crippen LogP contribution in [0.1, 0.15) is 58.8 Å². The maximum Gasteiger partial charge on any atom is 0.308 e. The van der Waals surface area contributed by atoms with Crippen molar-refractivity contribution in [2.75, 3.05) is 0 Å². The van der Waals surface area contributed by atoms with Crippen molar-refractivity contribution in [2.24, 2.45) is 0 Å². The predicted octanol–water partition coefficient (Wildman–Crippen LogP) is 2.25. The van der Waals surface area contributed by atoms with Gasteiger partial charge in [-0.15, -0.1) is 0 Å². The highest BCUT2D eigenvalue weighted by molar-refractivity contribution is 5.71. The molecule has 110 valence electrons. The summed E-state index contributed by atoms with van der Waals surface area (Å²) in [4.78, 5) is 32.5. The number of hydrogen-bond donors (Lipinski definition) is 1. The first-order chi connectivity index (χ1) is 8.95. The van der Waals surface area contributed by atoms with Gasteiger partial charge in [-0.05, 0) is 12.8 Å². The highest BCUT2D eigenvalue weighted by atomic mass is 16.7. The molecule has 0 aliphatic carbocycles. The van der Waals surface area contributed by atoms with Gasteiger partial charge < -0.3 is 14.6 Å². The van der Waals surface area contributed by atoms with Gasteiger partial charge in [0.2, 0.25) is 6.29 Å². The van der Waals surface area contributed by atoms with Crippen LogP contribution in [0.25, 0.3) is 0 Å². The summed E-state index contributed by atoms with van der Waals surface area (Å²) in [5.74, 6) is -1.62. The van der Waals surface area contributed by atoms with Gasteiger partial charge in [0.25, 0.3) is 0 Å². The van der Waals surface area contributed by atoms with Gasteiger partial charge in [0.1, 0.15) is 0 Å². The van der Waals surface area contributed by atoms with Gasteiger partial charge in [0.05, 0.1) is 0 Å². The molecule has 0 aromatic rings. The van der Waals surface area contributed by atoms with E-state index in [2.05, 4.69) is 0 Å². The van der Waals surface area contributed by atoms with Gasteiger partial charge in [-0.1, -0.05) is 19.8 Å². The minimum absolute atomic E-state index is 0.161. The normalized spacial score (nSPS) is 11.7. The standard InChI is InChI=1S/C13H22O6/c1-3-12(16)18-10(2)19-13(17)9-7-5-4-6-8-11(14)15/h10H,3-9H2,1-2H3,(H,14,15). The molecular formula is C13H22O6. The number of aliphatic carboxylic acids is 1. The Hall–Kier alpha value is -1.59. The van der Waals surface area contributed by atoms with Crippen LogP contribution in [0.3, 0.4) is 0 Å². The Kier molecular flexibility index (Phi) is 9.48. The number of ether oxygens (including phenoxy) is 2. The minimum atomic E-state index is -0.855. The van der Waals surface area contributed by atoms with Gasteiger partial charge >= 0.3 is 17.9 Å². The molecule has 0 spiro atoms. The molecule has 0 aromatic heterocycles. The smallest absolute Gasteiger partial charge is 0.308 e.